The number of guanidine groups is 1. The third kappa shape index (κ3) is 5.29. The van der Waals surface area contributed by atoms with Gasteiger partial charge in [-0.15, -0.1) is 24.0 Å². The van der Waals surface area contributed by atoms with Gasteiger partial charge in [-0.2, -0.15) is 22.1 Å². The van der Waals surface area contributed by atoms with E-state index >= 15 is 0 Å². The van der Waals surface area contributed by atoms with Gasteiger partial charge < -0.3 is 16.4 Å². The van der Waals surface area contributed by atoms with Crippen LogP contribution in [-0.4, -0.2) is 51.8 Å². The van der Waals surface area contributed by atoms with Crippen molar-refractivity contribution in [3.05, 3.63) is 41.3 Å². The third-order valence-corrected chi connectivity index (χ3v) is 5.30. The molecule has 28 heavy (non-hydrogen) atoms. The number of rotatable bonds is 5. The standard InChI is InChI=1S/C18H22FN7S.HI/c19-13-3-5-14(6-4-13)26-17(21)15(12-20)16(24-26)2-1-7-23-18(22)25-8-10-27-11-9-25;/h3-6H,1-2,7-11,21H2,(H2,22,23);1H. The molecule has 2 aromatic rings. The van der Waals surface area contributed by atoms with Crippen LogP contribution < -0.4 is 11.5 Å². The third-order valence-electron chi connectivity index (χ3n) is 4.36. The summed E-state index contributed by atoms with van der Waals surface area (Å²) in [7, 11) is 0. The summed E-state index contributed by atoms with van der Waals surface area (Å²) in [6, 6.07) is 7.93. The second kappa shape index (κ2) is 10.5. The van der Waals surface area contributed by atoms with Crippen LogP contribution in [0.1, 0.15) is 17.7 Å². The van der Waals surface area contributed by atoms with Gasteiger partial charge in [-0.25, -0.2) is 9.07 Å². The van der Waals surface area contributed by atoms with Gasteiger partial charge in [0.1, 0.15) is 23.3 Å². The Bertz CT molecular complexity index is 854. The molecule has 7 nitrogen and oxygen atoms in total. The van der Waals surface area contributed by atoms with E-state index in [0.29, 0.717) is 42.3 Å². The number of benzene rings is 1. The van der Waals surface area contributed by atoms with Crippen LogP contribution in [0.5, 0.6) is 0 Å². The number of hydrogen-bond acceptors (Lipinski definition) is 5. The first-order valence-electron chi connectivity index (χ1n) is 8.76. The predicted molar refractivity (Wildman–Crippen MR) is 122 cm³/mol. The number of aromatic nitrogens is 2. The van der Waals surface area contributed by atoms with Crippen molar-refractivity contribution in [1.82, 2.24) is 14.7 Å². The molecule has 10 heteroatoms. The number of nitriles is 1. The lowest BCUT2D eigenvalue weighted by Crippen LogP contribution is -2.42. The van der Waals surface area contributed by atoms with Crippen molar-refractivity contribution >= 4 is 47.5 Å². The van der Waals surface area contributed by atoms with E-state index in [-0.39, 0.29) is 35.6 Å². The number of halogens is 2. The Morgan fingerprint density at radius 3 is 2.61 bits per heavy atom. The van der Waals surface area contributed by atoms with Crippen LogP contribution in [0.15, 0.2) is 29.3 Å². The van der Waals surface area contributed by atoms with Crippen LogP contribution in [0.2, 0.25) is 0 Å². The minimum atomic E-state index is -0.340. The fraction of sp³-hybridized carbons (Fsp3) is 0.389. The molecule has 0 saturated carbocycles. The smallest absolute Gasteiger partial charge is 0.191 e. The first kappa shape index (κ1) is 22.3. The summed E-state index contributed by atoms with van der Waals surface area (Å²) in [4.78, 5) is 6.53. The van der Waals surface area contributed by atoms with Crippen molar-refractivity contribution in [3.8, 4) is 11.8 Å². The molecule has 1 aliphatic heterocycles. The second-order valence-corrected chi connectivity index (χ2v) is 7.37. The van der Waals surface area contributed by atoms with Crippen LogP contribution in [0.25, 0.3) is 5.69 Å². The topological polar surface area (TPSA) is 109 Å². The largest absolute Gasteiger partial charge is 0.382 e. The molecule has 0 atom stereocenters. The molecule has 3 rings (SSSR count). The minimum absolute atomic E-state index is 0. The van der Waals surface area contributed by atoms with Crippen molar-refractivity contribution in [2.24, 2.45) is 10.7 Å². The van der Waals surface area contributed by atoms with E-state index in [2.05, 4.69) is 21.1 Å². The molecule has 1 aromatic carbocycles. The fourth-order valence-corrected chi connectivity index (χ4v) is 3.79. The SMILES string of the molecule is I.N#Cc1c(CCCN=C(N)N2CCSCC2)nn(-c2ccc(F)cc2)c1N. The van der Waals surface area contributed by atoms with E-state index in [9.17, 15) is 9.65 Å². The Morgan fingerprint density at radius 1 is 1.29 bits per heavy atom. The zero-order valence-electron chi connectivity index (χ0n) is 15.3. The molecule has 0 aliphatic carbocycles. The highest BCUT2D eigenvalue weighted by Gasteiger charge is 2.16. The highest BCUT2D eigenvalue weighted by atomic mass is 127. The molecular formula is C18H23FIN7S. The molecule has 0 bridgehead atoms. The van der Waals surface area contributed by atoms with Crippen molar-refractivity contribution in [1.29, 1.82) is 5.26 Å². The molecule has 4 N–H and O–H groups in total. The summed E-state index contributed by atoms with van der Waals surface area (Å²) in [6.07, 6.45) is 1.27. The van der Waals surface area contributed by atoms with E-state index in [1.54, 1.807) is 12.1 Å². The number of nitrogen functional groups attached to an aromatic ring is 1. The Morgan fingerprint density at radius 2 is 1.96 bits per heavy atom. The zero-order valence-corrected chi connectivity index (χ0v) is 18.5. The summed E-state index contributed by atoms with van der Waals surface area (Å²) in [5.74, 6) is 2.64. The van der Waals surface area contributed by atoms with Gasteiger partial charge in [0.25, 0.3) is 0 Å². The zero-order chi connectivity index (χ0) is 19.2. The molecule has 0 unspecified atom stereocenters. The molecule has 0 spiro atoms. The Kier molecular flexibility index (Phi) is 8.37. The molecule has 1 aromatic heterocycles. The molecule has 1 saturated heterocycles. The summed E-state index contributed by atoms with van der Waals surface area (Å²) < 4.78 is 14.6. The summed E-state index contributed by atoms with van der Waals surface area (Å²) in [5.41, 5.74) is 13.7. The summed E-state index contributed by atoms with van der Waals surface area (Å²) >= 11 is 1.92. The lowest BCUT2D eigenvalue weighted by Gasteiger charge is -2.27. The van der Waals surface area contributed by atoms with Gasteiger partial charge in [0.05, 0.1) is 11.4 Å². The maximum absolute atomic E-state index is 13.1. The van der Waals surface area contributed by atoms with Crippen molar-refractivity contribution < 1.29 is 4.39 Å². The first-order chi connectivity index (χ1) is 13.1. The lowest BCUT2D eigenvalue weighted by molar-refractivity contribution is 0.455. The maximum Gasteiger partial charge on any atom is 0.191 e. The molecule has 2 heterocycles. The Balaban J connectivity index is 0.00000280. The van der Waals surface area contributed by atoms with Crippen molar-refractivity contribution in [2.75, 3.05) is 36.9 Å². The number of aliphatic imine (C=N–C) groups is 1. The van der Waals surface area contributed by atoms with E-state index in [1.165, 1.54) is 16.8 Å². The van der Waals surface area contributed by atoms with Crippen LogP contribution in [-0.2, 0) is 6.42 Å². The predicted octanol–water partition coefficient (Wildman–Crippen LogP) is 2.38. The van der Waals surface area contributed by atoms with Crippen LogP contribution >= 0.6 is 35.7 Å². The van der Waals surface area contributed by atoms with Crippen LogP contribution in [0.3, 0.4) is 0 Å². The number of nitrogens with two attached hydrogens (primary N) is 2. The van der Waals surface area contributed by atoms with Gasteiger partial charge in [-0.3, -0.25) is 4.99 Å². The quantitative estimate of drug-likeness (QED) is 0.274. The van der Waals surface area contributed by atoms with E-state index in [0.717, 1.165) is 24.6 Å². The molecule has 150 valence electrons. The molecule has 0 amide bonds. The summed E-state index contributed by atoms with van der Waals surface area (Å²) in [5, 5.41) is 13.9. The first-order valence-corrected chi connectivity index (χ1v) is 9.91. The fourth-order valence-electron chi connectivity index (χ4n) is 2.89. The molecule has 1 aliphatic rings. The van der Waals surface area contributed by atoms with Gasteiger partial charge in [0.15, 0.2) is 5.96 Å². The minimum Gasteiger partial charge on any atom is -0.382 e. The van der Waals surface area contributed by atoms with E-state index < -0.39 is 0 Å². The molecule has 0 radical (unpaired) electrons. The highest BCUT2D eigenvalue weighted by molar-refractivity contribution is 14.0. The average molecular weight is 515 g/mol. The Labute approximate surface area is 185 Å². The number of hydrogen-bond donors (Lipinski definition) is 2. The maximum atomic E-state index is 13.1. The normalized spacial score (nSPS) is 14.4. The number of thioether (sulfide) groups is 1. The van der Waals surface area contributed by atoms with Gasteiger partial charge in [0.2, 0.25) is 0 Å². The highest BCUT2D eigenvalue weighted by Crippen LogP contribution is 2.21. The van der Waals surface area contributed by atoms with E-state index in [4.69, 9.17) is 11.5 Å². The lowest BCUT2D eigenvalue weighted by atomic mass is 10.1. The van der Waals surface area contributed by atoms with Gasteiger partial charge in [-0.1, -0.05) is 0 Å². The number of aryl methyl sites for hydroxylation is 1. The van der Waals surface area contributed by atoms with Gasteiger partial charge in [0, 0.05) is 31.1 Å². The van der Waals surface area contributed by atoms with Crippen molar-refractivity contribution in [3.63, 3.8) is 0 Å². The van der Waals surface area contributed by atoms with E-state index in [1.807, 2.05) is 11.8 Å². The van der Waals surface area contributed by atoms with Gasteiger partial charge in [-0.05, 0) is 37.1 Å². The number of nitrogens with zero attached hydrogens (tertiary/aromatic N) is 5. The summed E-state index contributed by atoms with van der Waals surface area (Å²) in [6.45, 7) is 2.41. The average Bonchev–Trinajstić information content (AvgIpc) is 3.01. The van der Waals surface area contributed by atoms with Crippen LogP contribution in [0.4, 0.5) is 10.2 Å². The Hall–Kier alpha value is -2.00. The second-order valence-electron chi connectivity index (χ2n) is 6.15. The van der Waals surface area contributed by atoms with Crippen molar-refractivity contribution in [2.45, 2.75) is 12.8 Å². The van der Waals surface area contributed by atoms with Gasteiger partial charge >= 0.3 is 0 Å². The number of anilines is 1. The monoisotopic (exact) mass is 515 g/mol. The molecular weight excluding hydrogens is 492 g/mol. The molecule has 1 fully saturated rings. The van der Waals surface area contributed by atoms with Crippen LogP contribution in [0, 0.1) is 17.1 Å².